The van der Waals surface area contributed by atoms with Crippen molar-refractivity contribution in [2.75, 3.05) is 0 Å². The topological polar surface area (TPSA) is 35.8 Å². The molecule has 0 spiro atoms. The summed E-state index contributed by atoms with van der Waals surface area (Å²) in [6, 6.07) is 1.10. The summed E-state index contributed by atoms with van der Waals surface area (Å²) in [5.74, 6) is -3.18. The molecule has 0 radical (unpaired) electrons. The maximum atomic E-state index is 13.5. The molecule has 1 N–H and O–H groups in total. The summed E-state index contributed by atoms with van der Waals surface area (Å²) in [6.07, 6.45) is 1.57. The molecule has 2 rings (SSSR count). The Bertz CT molecular complexity index is 490. The minimum Gasteiger partial charge on any atom is -0.286 e. The zero-order valence-corrected chi connectivity index (χ0v) is 8.86. The molecular formula is C11H9F3N2O. The lowest BCUT2D eigenvalue weighted by atomic mass is 10.1. The summed E-state index contributed by atoms with van der Waals surface area (Å²) in [7, 11) is 0. The van der Waals surface area contributed by atoms with Gasteiger partial charge in [-0.2, -0.15) is 0 Å². The van der Waals surface area contributed by atoms with E-state index in [1.165, 1.54) is 12.3 Å². The molecule has 1 aliphatic rings. The Kier molecular flexibility index (Phi) is 2.89. The van der Waals surface area contributed by atoms with Gasteiger partial charge in [0.05, 0.1) is 5.56 Å². The van der Waals surface area contributed by atoms with Crippen LogP contribution in [0.1, 0.15) is 18.7 Å². The molecular weight excluding hydrogens is 233 g/mol. The first kappa shape index (κ1) is 11.7. The van der Waals surface area contributed by atoms with Crippen LogP contribution < -0.4 is 0 Å². The minimum absolute atomic E-state index is 0.383. The molecule has 1 aromatic carbocycles. The van der Waals surface area contributed by atoms with Gasteiger partial charge in [-0.3, -0.25) is 10.2 Å². The van der Waals surface area contributed by atoms with Crippen LogP contribution >= 0.6 is 0 Å². The molecule has 0 bridgehead atoms. The molecule has 3 nitrogen and oxygen atoms in total. The van der Waals surface area contributed by atoms with Gasteiger partial charge < -0.3 is 0 Å². The van der Waals surface area contributed by atoms with Crippen LogP contribution in [0.4, 0.5) is 13.2 Å². The lowest BCUT2D eigenvalue weighted by Gasteiger charge is -2.27. The van der Waals surface area contributed by atoms with Gasteiger partial charge in [0.1, 0.15) is 17.5 Å². The normalized spacial score (nSPS) is 19.5. The molecule has 0 saturated heterocycles. The quantitative estimate of drug-likeness (QED) is 0.821. The number of nitrogens with zero attached hydrogens (tertiary/aromatic N) is 2. The van der Waals surface area contributed by atoms with Crippen LogP contribution in [0.25, 0.3) is 0 Å². The van der Waals surface area contributed by atoms with Crippen LogP contribution in [0.5, 0.6) is 0 Å². The monoisotopic (exact) mass is 242 g/mol. The minimum atomic E-state index is -1.24. The van der Waals surface area contributed by atoms with Gasteiger partial charge in [-0.15, -0.1) is 0 Å². The Morgan fingerprint density at radius 3 is 2.41 bits per heavy atom. The van der Waals surface area contributed by atoms with Gasteiger partial charge in [-0.25, -0.2) is 18.2 Å². The fourth-order valence-corrected chi connectivity index (χ4v) is 1.56. The van der Waals surface area contributed by atoms with Crippen LogP contribution in [0.3, 0.4) is 0 Å². The molecule has 1 atom stereocenters. The van der Waals surface area contributed by atoms with Gasteiger partial charge in [0.15, 0.2) is 6.17 Å². The smallest absolute Gasteiger partial charge is 0.176 e. The third kappa shape index (κ3) is 2.03. The second-order valence-corrected chi connectivity index (χ2v) is 3.61. The van der Waals surface area contributed by atoms with Crippen molar-refractivity contribution in [1.82, 2.24) is 5.06 Å². The summed E-state index contributed by atoms with van der Waals surface area (Å²) >= 11 is 0. The second-order valence-electron chi connectivity index (χ2n) is 3.61. The SMILES string of the molecule is CC1=CC=NC(c2c(F)cc(F)cc2F)N1O. The van der Waals surface area contributed by atoms with Crippen LogP contribution in [0, 0.1) is 17.5 Å². The number of hydroxylamine groups is 2. The molecule has 90 valence electrons. The predicted molar refractivity (Wildman–Crippen MR) is 54.9 cm³/mol. The Morgan fingerprint density at radius 2 is 1.82 bits per heavy atom. The number of hydrogen-bond donors (Lipinski definition) is 1. The Balaban J connectivity index is 2.49. The van der Waals surface area contributed by atoms with Gasteiger partial charge in [-0.1, -0.05) is 0 Å². The third-order valence-corrected chi connectivity index (χ3v) is 2.44. The van der Waals surface area contributed by atoms with Crippen molar-refractivity contribution in [3.8, 4) is 0 Å². The van der Waals surface area contributed by atoms with Crippen LogP contribution in [-0.4, -0.2) is 16.5 Å². The van der Waals surface area contributed by atoms with E-state index in [2.05, 4.69) is 4.99 Å². The fraction of sp³-hybridized carbons (Fsp3) is 0.182. The zero-order chi connectivity index (χ0) is 12.6. The first-order chi connectivity index (χ1) is 8.00. The van der Waals surface area contributed by atoms with Gasteiger partial charge in [-0.05, 0) is 13.0 Å². The van der Waals surface area contributed by atoms with Crippen LogP contribution in [-0.2, 0) is 0 Å². The highest BCUT2D eigenvalue weighted by atomic mass is 19.1. The zero-order valence-electron chi connectivity index (χ0n) is 8.86. The summed E-state index contributed by atoms with van der Waals surface area (Å²) in [6.45, 7) is 1.55. The van der Waals surface area contributed by atoms with E-state index in [-0.39, 0.29) is 0 Å². The van der Waals surface area contributed by atoms with Gasteiger partial charge >= 0.3 is 0 Å². The van der Waals surface area contributed by atoms with Gasteiger partial charge in [0.25, 0.3) is 0 Å². The number of allylic oxidation sites excluding steroid dienone is 2. The molecule has 0 fully saturated rings. The number of aliphatic imine (C=N–C) groups is 1. The molecule has 0 aliphatic carbocycles. The van der Waals surface area contributed by atoms with Gasteiger partial charge in [0, 0.05) is 24.0 Å². The average molecular weight is 242 g/mol. The van der Waals surface area contributed by atoms with Crippen molar-refractivity contribution < 1.29 is 18.4 Å². The van der Waals surface area contributed by atoms with Crippen molar-refractivity contribution >= 4 is 6.21 Å². The van der Waals surface area contributed by atoms with E-state index in [0.29, 0.717) is 22.9 Å². The summed E-state index contributed by atoms with van der Waals surface area (Å²) in [5, 5.41) is 10.3. The molecule has 1 aliphatic heterocycles. The van der Waals surface area contributed by atoms with E-state index in [1.807, 2.05) is 0 Å². The number of rotatable bonds is 1. The second kappa shape index (κ2) is 4.21. The molecule has 0 amide bonds. The van der Waals surface area contributed by atoms with E-state index in [9.17, 15) is 18.4 Å². The van der Waals surface area contributed by atoms with Crippen molar-refractivity contribution in [2.24, 2.45) is 4.99 Å². The summed E-state index contributed by atoms with van der Waals surface area (Å²) in [4.78, 5) is 3.75. The van der Waals surface area contributed by atoms with Crippen molar-refractivity contribution in [1.29, 1.82) is 0 Å². The van der Waals surface area contributed by atoms with E-state index >= 15 is 0 Å². The molecule has 1 unspecified atom stereocenters. The molecule has 1 aromatic rings. The summed E-state index contributed by atoms with van der Waals surface area (Å²) in [5.41, 5.74) is -0.106. The van der Waals surface area contributed by atoms with E-state index in [4.69, 9.17) is 0 Å². The van der Waals surface area contributed by atoms with E-state index in [0.717, 1.165) is 0 Å². The first-order valence-electron chi connectivity index (χ1n) is 4.83. The lowest BCUT2D eigenvalue weighted by Crippen LogP contribution is -2.26. The highest BCUT2D eigenvalue weighted by Gasteiger charge is 2.27. The highest BCUT2D eigenvalue weighted by molar-refractivity contribution is 5.73. The van der Waals surface area contributed by atoms with Crippen molar-refractivity contribution in [3.05, 3.63) is 46.9 Å². The van der Waals surface area contributed by atoms with Gasteiger partial charge in [0.2, 0.25) is 0 Å². The largest absolute Gasteiger partial charge is 0.286 e. The predicted octanol–water partition coefficient (Wildman–Crippen LogP) is 2.78. The van der Waals surface area contributed by atoms with Crippen molar-refractivity contribution in [2.45, 2.75) is 13.1 Å². The Morgan fingerprint density at radius 1 is 1.24 bits per heavy atom. The molecule has 0 saturated carbocycles. The summed E-state index contributed by atoms with van der Waals surface area (Å²) < 4.78 is 39.7. The standard InChI is InChI=1S/C11H9F3N2O/c1-6-2-3-15-11(16(6)17)10-8(13)4-7(12)5-9(10)14/h2-5,11,17H,1H3. The molecule has 17 heavy (non-hydrogen) atoms. The average Bonchev–Trinajstić information content (AvgIpc) is 2.23. The Hall–Kier alpha value is -1.82. The fourth-order valence-electron chi connectivity index (χ4n) is 1.56. The maximum Gasteiger partial charge on any atom is 0.176 e. The van der Waals surface area contributed by atoms with E-state index < -0.39 is 29.2 Å². The first-order valence-corrected chi connectivity index (χ1v) is 4.83. The molecule has 1 heterocycles. The molecule has 6 heteroatoms. The van der Waals surface area contributed by atoms with E-state index in [1.54, 1.807) is 6.92 Å². The van der Waals surface area contributed by atoms with Crippen molar-refractivity contribution in [3.63, 3.8) is 0 Å². The number of benzene rings is 1. The third-order valence-electron chi connectivity index (χ3n) is 2.44. The number of halogens is 3. The van der Waals surface area contributed by atoms with Crippen LogP contribution in [0.15, 0.2) is 28.9 Å². The Labute approximate surface area is 95.5 Å². The lowest BCUT2D eigenvalue weighted by molar-refractivity contribution is -0.0946. The number of hydrogen-bond acceptors (Lipinski definition) is 3. The maximum absolute atomic E-state index is 13.5. The highest BCUT2D eigenvalue weighted by Crippen LogP contribution is 2.30. The van der Waals surface area contributed by atoms with Crippen LogP contribution in [0.2, 0.25) is 0 Å². The molecule has 0 aromatic heterocycles.